The van der Waals surface area contributed by atoms with Crippen molar-refractivity contribution in [2.24, 2.45) is 5.92 Å². The zero-order chi connectivity index (χ0) is 7.28. The van der Waals surface area contributed by atoms with Crippen LogP contribution in [0.25, 0.3) is 0 Å². The fraction of sp³-hybridized carbons (Fsp3) is 1.00. The van der Waals surface area contributed by atoms with Crippen LogP contribution in [-0.4, -0.2) is 4.58 Å². The average molecular weight is 164 g/mol. The monoisotopic (exact) mass is 164 g/mol. The Bertz CT molecular complexity index is 61.9. The van der Waals surface area contributed by atoms with Gasteiger partial charge in [-0.05, 0) is 12.3 Å². The lowest BCUT2D eigenvalue weighted by Crippen LogP contribution is -2.03. The zero-order valence-corrected chi connectivity index (χ0v) is 7.96. The Hall–Kier alpha value is 0.700. The Morgan fingerprint density at radius 1 is 1.33 bits per heavy atom. The highest BCUT2D eigenvalue weighted by molar-refractivity contribution is 7.99. The molecule has 0 aromatic heterocycles. The summed E-state index contributed by atoms with van der Waals surface area (Å²) in [6, 6.07) is 0. The first-order valence-electron chi connectivity index (χ1n) is 3.54. The molecule has 0 amide bonds. The summed E-state index contributed by atoms with van der Waals surface area (Å²) in [5.41, 5.74) is 0. The molecule has 1 atom stereocenters. The summed E-state index contributed by atoms with van der Waals surface area (Å²) in [7, 11) is 0. The predicted octanol–water partition coefficient (Wildman–Crippen LogP) is 3.00. The molecule has 0 N–H and O–H groups in total. The first kappa shape index (κ1) is 9.70. The summed E-state index contributed by atoms with van der Waals surface area (Å²) in [6.45, 7) is 4.40. The topological polar surface area (TPSA) is 0 Å². The minimum absolute atomic E-state index is 0.261. The van der Waals surface area contributed by atoms with Gasteiger partial charge in [0, 0.05) is 4.58 Å². The Labute approximate surface area is 69.2 Å². The highest BCUT2D eigenvalue weighted by atomic mass is 32.2. The van der Waals surface area contributed by atoms with E-state index in [1.54, 1.807) is 0 Å². The molecule has 0 saturated heterocycles. The SMILES string of the molecule is CCCCC(C)C(S)S. The molecular formula is C7H16S2. The Balaban J connectivity index is 3.16. The van der Waals surface area contributed by atoms with Gasteiger partial charge in [-0.1, -0.05) is 26.7 Å². The van der Waals surface area contributed by atoms with Crippen molar-refractivity contribution in [2.45, 2.75) is 37.7 Å². The molecule has 56 valence electrons. The smallest absolute Gasteiger partial charge is 0.0467 e. The van der Waals surface area contributed by atoms with E-state index in [1.807, 2.05) is 0 Å². The molecule has 0 aliphatic rings. The molecule has 0 aliphatic carbocycles. The Morgan fingerprint density at radius 2 is 1.89 bits per heavy atom. The van der Waals surface area contributed by atoms with Crippen LogP contribution in [0.4, 0.5) is 0 Å². The summed E-state index contributed by atoms with van der Waals surface area (Å²) in [6.07, 6.45) is 3.84. The van der Waals surface area contributed by atoms with Crippen molar-refractivity contribution in [3.05, 3.63) is 0 Å². The summed E-state index contributed by atoms with van der Waals surface area (Å²) in [5.74, 6) is 0.650. The molecule has 0 aliphatic heterocycles. The lowest BCUT2D eigenvalue weighted by molar-refractivity contribution is 0.545. The Kier molecular flexibility index (Phi) is 5.91. The van der Waals surface area contributed by atoms with E-state index in [0.717, 1.165) is 0 Å². The van der Waals surface area contributed by atoms with E-state index >= 15 is 0 Å². The van der Waals surface area contributed by atoms with Crippen LogP contribution in [0.2, 0.25) is 0 Å². The third kappa shape index (κ3) is 5.16. The molecule has 0 aromatic carbocycles. The Morgan fingerprint density at radius 3 is 2.22 bits per heavy atom. The minimum Gasteiger partial charge on any atom is -0.165 e. The van der Waals surface area contributed by atoms with Gasteiger partial charge in [-0.15, -0.1) is 0 Å². The van der Waals surface area contributed by atoms with Crippen molar-refractivity contribution in [1.29, 1.82) is 0 Å². The highest BCUT2D eigenvalue weighted by Crippen LogP contribution is 2.18. The molecule has 0 bridgehead atoms. The lowest BCUT2D eigenvalue weighted by atomic mass is 10.1. The first-order valence-corrected chi connectivity index (χ1v) is 4.58. The van der Waals surface area contributed by atoms with Crippen LogP contribution < -0.4 is 0 Å². The number of rotatable bonds is 4. The number of thiol groups is 2. The van der Waals surface area contributed by atoms with E-state index in [0.29, 0.717) is 5.92 Å². The molecule has 0 radical (unpaired) electrons. The van der Waals surface area contributed by atoms with Crippen LogP contribution in [0.15, 0.2) is 0 Å². The van der Waals surface area contributed by atoms with E-state index in [-0.39, 0.29) is 4.58 Å². The molecule has 0 nitrogen and oxygen atoms in total. The molecule has 0 rings (SSSR count). The molecule has 9 heavy (non-hydrogen) atoms. The van der Waals surface area contributed by atoms with Crippen molar-refractivity contribution in [1.82, 2.24) is 0 Å². The van der Waals surface area contributed by atoms with Gasteiger partial charge in [-0.25, -0.2) is 0 Å². The van der Waals surface area contributed by atoms with Crippen molar-refractivity contribution >= 4 is 25.3 Å². The molecule has 0 saturated carbocycles. The second-order valence-corrected chi connectivity index (χ2v) is 4.05. The van der Waals surface area contributed by atoms with Crippen molar-refractivity contribution in [3.63, 3.8) is 0 Å². The molecule has 0 spiro atoms. The number of hydrogen-bond donors (Lipinski definition) is 2. The van der Waals surface area contributed by atoms with E-state index < -0.39 is 0 Å². The molecule has 0 aromatic rings. The zero-order valence-electron chi connectivity index (χ0n) is 6.17. The van der Waals surface area contributed by atoms with E-state index in [2.05, 4.69) is 39.1 Å². The van der Waals surface area contributed by atoms with Gasteiger partial charge in [0.1, 0.15) is 0 Å². The average Bonchev–Trinajstić information content (AvgIpc) is 1.82. The van der Waals surface area contributed by atoms with Crippen LogP contribution in [-0.2, 0) is 0 Å². The largest absolute Gasteiger partial charge is 0.165 e. The van der Waals surface area contributed by atoms with Gasteiger partial charge in [0.15, 0.2) is 0 Å². The number of hydrogen-bond acceptors (Lipinski definition) is 2. The van der Waals surface area contributed by atoms with E-state index in [9.17, 15) is 0 Å². The third-order valence-corrected chi connectivity index (χ3v) is 2.54. The molecule has 0 fully saturated rings. The van der Waals surface area contributed by atoms with Crippen molar-refractivity contribution < 1.29 is 0 Å². The van der Waals surface area contributed by atoms with Gasteiger partial charge in [0.2, 0.25) is 0 Å². The van der Waals surface area contributed by atoms with Gasteiger partial charge in [-0.2, -0.15) is 25.3 Å². The van der Waals surface area contributed by atoms with Crippen LogP contribution in [0.1, 0.15) is 33.1 Å². The second-order valence-electron chi connectivity index (χ2n) is 2.53. The highest BCUT2D eigenvalue weighted by Gasteiger charge is 2.06. The van der Waals surface area contributed by atoms with E-state index in [1.165, 1.54) is 19.3 Å². The summed E-state index contributed by atoms with van der Waals surface area (Å²) in [4.78, 5) is 0. The molecule has 0 heterocycles. The maximum Gasteiger partial charge on any atom is 0.0467 e. The second kappa shape index (κ2) is 5.48. The maximum atomic E-state index is 4.23. The molecule has 1 unspecified atom stereocenters. The summed E-state index contributed by atoms with van der Waals surface area (Å²) in [5, 5.41) is 0. The van der Waals surface area contributed by atoms with Crippen LogP contribution >= 0.6 is 25.3 Å². The first-order chi connectivity index (χ1) is 4.18. The molecular weight excluding hydrogens is 148 g/mol. The minimum atomic E-state index is 0.261. The standard InChI is InChI=1S/C7H16S2/c1-3-4-5-6(2)7(8)9/h6-9H,3-5H2,1-2H3. The van der Waals surface area contributed by atoms with Gasteiger partial charge in [0.05, 0.1) is 0 Å². The normalized spacial score (nSPS) is 14.3. The summed E-state index contributed by atoms with van der Waals surface area (Å²) < 4.78 is 0.261. The fourth-order valence-corrected chi connectivity index (χ4v) is 0.973. The van der Waals surface area contributed by atoms with Crippen molar-refractivity contribution in [2.75, 3.05) is 0 Å². The van der Waals surface area contributed by atoms with Gasteiger partial charge < -0.3 is 0 Å². The molecule has 2 heteroatoms. The third-order valence-electron chi connectivity index (χ3n) is 1.52. The quantitative estimate of drug-likeness (QED) is 0.463. The van der Waals surface area contributed by atoms with Crippen LogP contribution in [0, 0.1) is 5.92 Å². The van der Waals surface area contributed by atoms with Crippen molar-refractivity contribution in [3.8, 4) is 0 Å². The van der Waals surface area contributed by atoms with E-state index in [4.69, 9.17) is 0 Å². The fourth-order valence-electron chi connectivity index (χ4n) is 0.675. The summed E-state index contributed by atoms with van der Waals surface area (Å²) >= 11 is 8.46. The van der Waals surface area contributed by atoms with Gasteiger partial charge >= 0.3 is 0 Å². The maximum absolute atomic E-state index is 4.23. The van der Waals surface area contributed by atoms with Gasteiger partial charge in [-0.3, -0.25) is 0 Å². The van der Waals surface area contributed by atoms with Crippen LogP contribution in [0.5, 0.6) is 0 Å². The number of unbranched alkanes of at least 4 members (excludes halogenated alkanes) is 1. The lowest BCUT2D eigenvalue weighted by Gasteiger charge is -2.12. The van der Waals surface area contributed by atoms with Gasteiger partial charge in [0.25, 0.3) is 0 Å². The van der Waals surface area contributed by atoms with Crippen LogP contribution in [0.3, 0.4) is 0 Å². The predicted molar refractivity (Wildman–Crippen MR) is 50.4 cm³/mol.